The van der Waals surface area contributed by atoms with Gasteiger partial charge in [0.15, 0.2) is 0 Å². The van der Waals surface area contributed by atoms with Crippen LogP contribution in [0.25, 0.3) is 10.2 Å². The zero-order valence-corrected chi connectivity index (χ0v) is 6.43. The Morgan fingerprint density at radius 2 is 2.45 bits per heavy atom. The lowest BCUT2D eigenvalue weighted by Crippen LogP contribution is -1.71. The minimum absolute atomic E-state index is 0.917. The third-order valence-electron chi connectivity index (χ3n) is 1.36. The Morgan fingerprint density at radius 3 is 3.18 bits per heavy atom. The highest BCUT2D eigenvalue weighted by Gasteiger charge is 1.98. The van der Waals surface area contributed by atoms with Crippen molar-refractivity contribution in [1.29, 1.82) is 5.41 Å². The molecule has 0 aliphatic rings. The number of rotatable bonds is 1. The average Bonchev–Trinajstić information content (AvgIpc) is 2.46. The second-order valence-corrected chi connectivity index (χ2v) is 3.14. The monoisotopic (exact) mass is 163 g/mol. The molecule has 1 N–H and O–H groups in total. The van der Waals surface area contributed by atoms with E-state index in [0.717, 1.165) is 15.1 Å². The molecule has 0 saturated heterocycles. The van der Waals surface area contributed by atoms with Crippen LogP contribution in [0.4, 0.5) is 0 Å². The number of aromatic nitrogens is 2. The van der Waals surface area contributed by atoms with Gasteiger partial charge in [0.25, 0.3) is 0 Å². The van der Waals surface area contributed by atoms with Crippen LogP contribution in [0.5, 0.6) is 0 Å². The highest BCUT2D eigenvalue weighted by atomic mass is 32.1. The van der Waals surface area contributed by atoms with Crippen LogP contribution < -0.4 is 0 Å². The molecule has 0 atom stereocenters. The standard InChI is InChI=1S/C7H5N3S/c8-2-6-1-5-3-9-4-10-7(5)11-6/h1-4,8H. The van der Waals surface area contributed by atoms with Crippen LogP contribution in [0.3, 0.4) is 0 Å². The predicted octanol–water partition coefficient (Wildman–Crippen LogP) is 1.69. The molecule has 0 amide bonds. The quantitative estimate of drug-likeness (QED) is 0.650. The van der Waals surface area contributed by atoms with Gasteiger partial charge < -0.3 is 5.41 Å². The fraction of sp³-hybridized carbons (Fsp3) is 0. The van der Waals surface area contributed by atoms with Gasteiger partial charge in [0.2, 0.25) is 0 Å². The number of nitrogens with zero attached hydrogens (tertiary/aromatic N) is 2. The van der Waals surface area contributed by atoms with Crippen molar-refractivity contribution in [2.24, 2.45) is 0 Å². The molecule has 2 heterocycles. The smallest absolute Gasteiger partial charge is 0.127 e. The van der Waals surface area contributed by atoms with Crippen molar-refractivity contribution in [3.8, 4) is 0 Å². The Labute approximate surface area is 67.2 Å². The molecule has 0 spiro atoms. The lowest BCUT2D eigenvalue weighted by Gasteiger charge is -1.80. The van der Waals surface area contributed by atoms with Gasteiger partial charge in [-0.2, -0.15) is 0 Å². The number of thiophene rings is 1. The molecule has 0 radical (unpaired) electrons. The molecule has 0 aliphatic carbocycles. The Kier molecular flexibility index (Phi) is 1.40. The topological polar surface area (TPSA) is 49.6 Å². The van der Waals surface area contributed by atoms with E-state index in [1.54, 1.807) is 6.20 Å². The summed E-state index contributed by atoms with van der Waals surface area (Å²) < 4.78 is 0. The molecule has 0 fully saturated rings. The number of hydrogen-bond acceptors (Lipinski definition) is 4. The molecule has 2 aromatic heterocycles. The zero-order valence-electron chi connectivity index (χ0n) is 5.61. The average molecular weight is 163 g/mol. The van der Waals surface area contributed by atoms with Crippen molar-refractivity contribution in [2.45, 2.75) is 0 Å². The molecule has 4 heteroatoms. The molecule has 0 saturated carbocycles. The Bertz CT molecular complexity index is 360. The van der Waals surface area contributed by atoms with Crippen LogP contribution in [0.15, 0.2) is 18.6 Å². The molecule has 3 nitrogen and oxygen atoms in total. The zero-order chi connectivity index (χ0) is 7.68. The molecular weight excluding hydrogens is 158 g/mol. The van der Waals surface area contributed by atoms with E-state index in [1.165, 1.54) is 23.9 Å². The van der Waals surface area contributed by atoms with Crippen molar-refractivity contribution in [3.63, 3.8) is 0 Å². The van der Waals surface area contributed by atoms with Crippen LogP contribution >= 0.6 is 11.3 Å². The van der Waals surface area contributed by atoms with Crippen LogP contribution in [0.2, 0.25) is 0 Å². The largest absolute Gasteiger partial charge is 0.307 e. The van der Waals surface area contributed by atoms with Crippen molar-refractivity contribution in [1.82, 2.24) is 9.97 Å². The Hall–Kier alpha value is -1.29. The second-order valence-electron chi connectivity index (χ2n) is 2.08. The third kappa shape index (κ3) is 1.01. The summed E-state index contributed by atoms with van der Waals surface area (Å²) in [6.45, 7) is 0. The fourth-order valence-corrected chi connectivity index (χ4v) is 1.68. The lowest BCUT2D eigenvalue weighted by atomic mass is 10.4. The Balaban J connectivity index is 2.78. The van der Waals surface area contributed by atoms with Gasteiger partial charge in [-0.15, -0.1) is 11.3 Å². The normalized spacial score (nSPS) is 10.2. The first-order chi connectivity index (χ1) is 5.40. The summed E-state index contributed by atoms with van der Waals surface area (Å²) in [5.74, 6) is 0. The van der Waals surface area contributed by atoms with Crippen molar-refractivity contribution in [2.75, 3.05) is 0 Å². The van der Waals surface area contributed by atoms with Crippen molar-refractivity contribution < 1.29 is 0 Å². The summed E-state index contributed by atoms with van der Waals surface area (Å²) in [5.41, 5.74) is 0. The molecule has 2 rings (SSSR count). The van der Waals surface area contributed by atoms with E-state index in [4.69, 9.17) is 5.41 Å². The maximum Gasteiger partial charge on any atom is 0.127 e. The number of fused-ring (bicyclic) bond motifs is 1. The highest BCUT2D eigenvalue weighted by Crippen LogP contribution is 2.20. The summed E-state index contributed by atoms with van der Waals surface area (Å²) in [4.78, 5) is 9.80. The summed E-state index contributed by atoms with van der Waals surface area (Å²) in [7, 11) is 0. The summed E-state index contributed by atoms with van der Waals surface area (Å²) in [5, 5.41) is 8.02. The van der Waals surface area contributed by atoms with Crippen LogP contribution in [-0.2, 0) is 0 Å². The SMILES string of the molecule is N=Cc1cc2cncnc2s1. The first-order valence-corrected chi connectivity index (χ1v) is 3.92. The van der Waals surface area contributed by atoms with Gasteiger partial charge in [-0.1, -0.05) is 0 Å². The van der Waals surface area contributed by atoms with E-state index in [0.29, 0.717) is 0 Å². The molecule has 0 unspecified atom stereocenters. The number of nitrogens with one attached hydrogen (secondary N) is 1. The molecule has 2 aromatic rings. The maximum atomic E-state index is 7.01. The first kappa shape index (κ1) is 6.42. The van der Waals surface area contributed by atoms with Crippen LogP contribution in [0, 0.1) is 5.41 Å². The molecule has 11 heavy (non-hydrogen) atoms. The Morgan fingerprint density at radius 1 is 1.55 bits per heavy atom. The van der Waals surface area contributed by atoms with Crippen molar-refractivity contribution >= 4 is 27.8 Å². The minimum atomic E-state index is 0.917. The van der Waals surface area contributed by atoms with Gasteiger partial charge in [-0.05, 0) is 6.07 Å². The van der Waals surface area contributed by atoms with Crippen molar-refractivity contribution in [3.05, 3.63) is 23.5 Å². The van der Waals surface area contributed by atoms with Gasteiger partial charge in [0.05, 0.1) is 0 Å². The second kappa shape index (κ2) is 2.39. The predicted molar refractivity (Wildman–Crippen MR) is 45.3 cm³/mol. The van der Waals surface area contributed by atoms with E-state index in [1.807, 2.05) is 6.07 Å². The van der Waals surface area contributed by atoms with Crippen LogP contribution in [-0.4, -0.2) is 16.2 Å². The van der Waals surface area contributed by atoms with Crippen LogP contribution in [0.1, 0.15) is 4.88 Å². The molecular formula is C7H5N3S. The minimum Gasteiger partial charge on any atom is -0.307 e. The summed E-state index contributed by atoms with van der Waals surface area (Å²) in [6, 6.07) is 1.91. The molecule has 0 aliphatic heterocycles. The van der Waals surface area contributed by atoms with E-state index in [2.05, 4.69) is 9.97 Å². The number of hydrogen-bond donors (Lipinski definition) is 1. The van der Waals surface area contributed by atoms with Gasteiger partial charge in [-0.25, -0.2) is 9.97 Å². The fourth-order valence-electron chi connectivity index (χ4n) is 0.879. The highest BCUT2D eigenvalue weighted by molar-refractivity contribution is 7.20. The lowest BCUT2D eigenvalue weighted by molar-refractivity contribution is 1.23. The summed E-state index contributed by atoms with van der Waals surface area (Å²) in [6.07, 6.45) is 4.60. The van der Waals surface area contributed by atoms with Gasteiger partial charge >= 0.3 is 0 Å². The maximum absolute atomic E-state index is 7.01. The molecule has 0 bridgehead atoms. The van der Waals surface area contributed by atoms with E-state index < -0.39 is 0 Å². The summed E-state index contributed by atoms with van der Waals surface area (Å²) >= 11 is 1.50. The van der Waals surface area contributed by atoms with E-state index >= 15 is 0 Å². The molecule has 0 aromatic carbocycles. The molecule has 54 valence electrons. The van der Waals surface area contributed by atoms with Gasteiger partial charge in [0.1, 0.15) is 11.2 Å². The first-order valence-electron chi connectivity index (χ1n) is 3.10. The van der Waals surface area contributed by atoms with Gasteiger partial charge in [0, 0.05) is 22.7 Å². The van der Waals surface area contributed by atoms with E-state index in [-0.39, 0.29) is 0 Å². The van der Waals surface area contributed by atoms with Gasteiger partial charge in [-0.3, -0.25) is 0 Å². The third-order valence-corrected chi connectivity index (χ3v) is 2.36. The van der Waals surface area contributed by atoms with E-state index in [9.17, 15) is 0 Å².